The van der Waals surface area contributed by atoms with Gasteiger partial charge in [-0.05, 0) is 43.4 Å². The molecule has 106 valence electrons. The van der Waals surface area contributed by atoms with E-state index in [2.05, 4.69) is 29.4 Å². The number of thioether (sulfide) groups is 1. The van der Waals surface area contributed by atoms with E-state index >= 15 is 0 Å². The molecule has 1 aromatic carbocycles. The molecule has 20 heavy (non-hydrogen) atoms. The highest BCUT2D eigenvalue weighted by Crippen LogP contribution is 2.37. The van der Waals surface area contributed by atoms with Gasteiger partial charge in [0, 0.05) is 28.7 Å². The Morgan fingerprint density at radius 2 is 2.15 bits per heavy atom. The smallest absolute Gasteiger partial charge is 0.123 e. The number of rotatable bonds is 6. The SMILES string of the molecule is CSc1cccc(N(Cc2ccco2)C2CC2)c1CN. The van der Waals surface area contributed by atoms with Gasteiger partial charge in [0.05, 0.1) is 12.8 Å². The Labute approximate surface area is 124 Å². The number of nitrogens with zero attached hydrogens (tertiary/aromatic N) is 1. The van der Waals surface area contributed by atoms with E-state index in [0.717, 1.165) is 12.3 Å². The van der Waals surface area contributed by atoms with Gasteiger partial charge in [-0.3, -0.25) is 0 Å². The molecular formula is C16H20N2OS. The lowest BCUT2D eigenvalue weighted by Gasteiger charge is -2.27. The molecule has 2 N–H and O–H groups in total. The molecule has 1 aliphatic carbocycles. The fourth-order valence-corrected chi connectivity index (χ4v) is 3.24. The van der Waals surface area contributed by atoms with E-state index in [0.29, 0.717) is 12.6 Å². The largest absolute Gasteiger partial charge is 0.467 e. The molecule has 3 nitrogen and oxygen atoms in total. The Morgan fingerprint density at radius 1 is 1.30 bits per heavy atom. The van der Waals surface area contributed by atoms with E-state index in [-0.39, 0.29) is 0 Å². The van der Waals surface area contributed by atoms with Crippen LogP contribution in [0.1, 0.15) is 24.2 Å². The van der Waals surface area contributed by atoms with Gasteiger partial charge in [-0.2, -0.15) is 0 Å². The molecule has 3 rings (SSSR count). The minimum atomic E-state index is 0.577. The van der Waals surface area contributed by atoms with Crippen LogP contribution in [-0.4, -0.2) is 12.3 Å². The van der Waals surface area contributed by atoms with Crippen LogP contribution in [0.4, 0.5) is 5.69 Å². The molecule has 0 radical (unpaired) electrons. The van der Waals surface area contributed by atoms with Gasteiger partial charge in [0.25, 0.3) is 0 Å². The predicted octanol–water partition coefficient (Wildman–Crippen LogP) is 3.63. The Balaban J connectivity index is 1.95. The van der Waals surface area contributed by atoms with E-state index in [1.165, 1.54) is 29.0 Å². The Morgan fingerprint density at radius 3 is 2.75 bits per heavy atom. The normalized spacial score (nSPS) is 14.5. The first-order chi connectivity index (χ1) is 9.83. The van der Waals surface area contributed by atoms with E-state index in [4.69, 9.17) is 10.2 Å². The summed E-state index contributed by atoms with van der Waals surface area (Å²) in [6.07, 6.45) is 6.36. The fraction of sp³-hybridized carbons (Fsp3) is 0.375. The first-order valence-electron chi connectivity index (χ1n) is 6.98. The summed E-state index contributed by atoms with van der Waals surface area (Å²) < 4.78 is 5.52. The summed E-state index contributed by atoms with van der Waals surface area (Å²) in [5.74, 6) is 1.01. The highest BCUT2D eigenvalue weighted by molar-refractivity contribution is 7.98. The van der Waals surface area contributed by atoms with Crippen molar-refractivity contribution in [2.75, 3.05) is 11.2 Å². The molecule has 4 heteroatoms. The molecule has 1 fully saturated rings. The third kappa shape index (κ3) is 2.72. The second-order valence-electron chi connectivity index (χ2n) is 5.10. The zero-order chi connectivity index (χ0) is 13.9. The number of hydrogen-bond donors (Lipinski definition) is 1. The molecule has 0 amide bonds. The van der Waals surface area contributed by atoms with Crippen molar-refractivity contribution >= 4 is 17.4 Å². The summed E-state index contributed by atoms with van der Waals surface area (Å²) in [6.45, 7) is 1.40. The molecule has 0 aliphatic heterocycles. The van der Waals surface area contributed by atoms with Crippen LogP contribution >= 0.6 is 11.8 Å². The molecule has 1 aromatic heterocycles. The second-order valence-corrected chi connectivity index (χ2v) is 5.95. The van der Waals surface area contributed by atoms with Gasteiger partial charge in [-0.25, -0.2) is 0 Å². The van der Waals surface area contributed by atoms with Gasteiger partial charge in [0.2, 0.25) is 0 Å². The summed E-state index contributed by atoms with van der Waals surface area (Å²) >= 11 is 1.76. The monoisotopic (exact) mass is 288 g/mol. The molecule has 1 saturated carbocycles. The van der Waals surface area contributed by atoms with E-state index < -0.39 is 0 Å². The van der Waals surface area contributed by atoms with Gasteiger partial charge in [-0.15, -0.1) is 11.8 Å². The third-order valence-corrected chi connectivity index (χ3v) is 4.56. The van der Waals surface area contributed by atoms with Crippen molar-refractivity contribution < 1.29 is 4.42 Å². The van der Waals surface area contributed by atoms with Crippen LogP contribution in [0.3, 0.4) is 0 Å². The second kappa shape index (κ2) is 5.94. The summed E-state index contributed by atoms with van der Waals surface area (Å²) in [4.78, 5) is 3.72. The summed E-state index contributed by atoms with van der Waals surface area (Å²) in [5, 5.41) is 0. The van der Waals surface area contributed by atoms with Crippen molar-refractivity contribution in [3.05, 3.63) is 47.9 Å². The van der Waals surface area contributed by atoms with Crippen molar-refractivity contribution in [2.24, 2.45) is 5.73 Å². The lowest BCUT2D eigenvalue weighted by Crippen LogP contribution is -2.26. The van der Waals surface area contributed by atoms with Crippen LogP contribution in [0, 0.1) is 0 Å². The zero-order valence-corrected chi connectivity index (χ0v) is 12.5. The number of furan rings is 1. The maximum atomic E-state index is 6.00. The maximum Gasteiger partial charge on any atom is 0.123 e. The van der Waals surface area contributed by atoms with E-state index in [1.54, 1.807) is 18.0 Å². The van der Waals surface area contributed by atoms with E-state index in [9.17, 15) is 0 Å². The number of anilines is 1. The standard InChI is InChI=1S/C16H20N2OS/c1-20-16-6-2-5-15(14(16)10-17)18(12-7-8-12)11-13-4-3-9-19-13/h2-6,9,12H,7-8,10-11,17H2,1H3. The maximum absolute atomic E-state index is 6.00. The Kier molecular flexibility index (Phi) is 4.03. The van der Waals surface area contributed by atoms with Crippen molar-refractivity contribution in [2.45, 2.75) is 36.9 Å². The van der Waals surface area contributed by atoms with Crippen LogP contribution in [0.2, 0.25) is 0 Å². The topological polar surface area (TPSA) is 42.4 Å². The van der Waals surface area contributed by atoms with Crippen molar-refractivity contribution in [3.63, 3.8) is 0 Å². The van der Waals surface area contributed by atoms with E-state index in [1.807, 2.05) is 12.1 Å². The van der Waals surface area contributed by atoms with Gasteiger partial charge in [0.1, 0.15) is 5.76 Å². The molecule has 0 bridgehead atoms. The third-order valence-electron chi connectivity index (χ3n) is 3.74. The predicted molar refractivity (Wildman–Crippen MR) is 84.0 cm³/mol. The van der Waals surface area contributed by atoms with Crippen LogP contribution in [-0.2, 0) is 13.1 Å². The first kappa shape index (κ1) is 13.6. The summed E-state index contributed by atoms with van der Waals surface area (Å²) in [6, 6.07) is 11.1. The fourth-order valence-electron chi connectivity index (χ4n) is 2.59. The number of hydrogen-bond acceptors (Lipinski definition) is 4. The van der Waals surface area contributed by atoms with Gasteiger partial charge < -0.3 is 15.1 Å². The molecule has 0 spiro atoms. The van der Waals surface area contributed by atoms with Crippen molar-refractivity contribution in [1.82, 2.24) is 0 Å². The summed E-state index contributed by atoms with van der Waals surface area (Å²) in [5.41, 5.74) is 8.51. The average molecular weight is 288 g/mol. The molecule has 0 unspecified atom stereocenters. The van der Waals surface area contributed by atoms with Gasteiger partial charge >= 0.3 is 0 Å². The molecule has 1 aliphatic rings. The Bertz CT molecular complexity index is 564. The lowest BCUT2D eigenvalue weighted by molar-refractivity contribution is 0.501. The molecule has 0 atom stereocenters. The number of nitrogens with two attached hydrogens (primary N) is 1. The minimum absolute atomic E-state index is 0.577. The molecule has 1 heterocycles. The average Bonchev–Trinajstić information content (AvgIpc) is 3.20. The first-order valence-corrected chi connectivity index (χ1v) is 8.21. The van der Waals surface area contributed by atoms with Crippen LogP contribution < -0.4 is 10.6 Å². The lowest BCUT2D eigenvalue weighted by atomic mass is 10.1. The quantitative estimate of drug-likeness (QED) is 0.824. The highest BCUT2D eigenvalue weighted by Gasteiger charge is 2.31. The minimum Gasteiger partial charge on any atom is -0.467 e. The summed E-state index contributed by atoms with van der Waals surface area (Å²) in [7, 11) is 0. The highest BCUT2D eigenvalue weighted by atomic mass is 32.2. The van der Waals surface area contributed by atoms with Crippen LogP contribution in [0.15, 0.2) is 45.9 Å². The molecule has 0 saturated heterocycles. The van der Waals surface area contributed by atoms with Crippen LogP contribution in [0.5, 0.6) is 0 Å². The number of benzene rings is 1. The zero-order valence-electron chi connectivity index (χ0n) is 11.7. The molecular weight excluding hydrogens is 268 g/mol. The van der Waals surface area contributed by atoms with Crippen molar-refractivity contribution in [1.29, 1.82) is 0 Å². The molecule has 2 aromatic rings. The van der Waals surface area contributed by atoms with Gasteiger partial charge in [0.15, 0.2) is 0 Å². The Hall–Kier alpha value is -1.39. The van der Waals surface area contributed by atoms with Crippen LogP contribution in [0.25, 0.3) is 0 Å². The van der Waals surface area contributed by atoms with Gasteiger partial charge in [-0.1, -0.05) is 6.07 Å². The van der Waals surface area contributed by atoms with Crippen molar-refractivity contribution in [3.8, 4) is 0 Å².